The van der Waals surface area contributed by atoms with Gasteiger partial charge in [0, 0.05) is 20.2 Å². The lowest BCUT2D eigenvalue weighted by Crippen LogP contribution is -2.37. The zero-order valence-electron chi connectivity index (χ0n) is 12.7. The van der Waals surface area contributed by atoms with E-state index in [2.05, 4.69) is 34.0 Å². The van der Waals surface area contributed by atoms with Crippen LogP contribution in [0.3, 0.4) is 0 Å². The number of rotatable bonds is 6. The third kappa shape index (κ3) is 2.95. The Morgan fingerprint density at radius 1 is 1.50 bits per heavy atom. The van der Waals surface area contributed by atoms with E-state index in [4.69, 9.17) is 9.47 Å². The number of nitrogens with one attached hydrogen (secondary N) is 1. The first kappa shape index (κ1) is 14.8. The molecule has 2 heterocycles. The van der Waals surface area contributed by atoms with E-state index in [-0.39, 0.29) is 6.10 Å². The Morgan fingerprint density at radius 3 is 2.90 bits per heavy atom. The Balaban J connectivity index is 2.25. The number of aromatic nitrogens is 2. The molecule has 6 nitrogen and oxygen atoms in total. The number of hydrogen-bond donors (Lipinski definition) is 1. The molecule has 0 bridgehead atoms. The van der Waals surface area contributed by atoms with Crippen LogP contribution < -0.4 is 15.0 Å². The molecule has 0 radical (unpaired) electrons. The van der Waals surface area contributed by atoms with Crippen molar-refractivity contribution in [1.29, 1.82) is 0 Å². The molecule has 1 N–H and O–H groups in total. The molecular weight excluding hydrogens is 256 g/mol. The summed E-state index contributed by atoms with van der Waals surface area (Å²) in [6.07, 6.45) is 3.81. The van der Waals surface area contributed by atoms with Gasteiger partial charge in [-0.15, -0.1) is 0 Å². The number of nitrogens with zero attached hydrogens (tertiary/aromatic N) is 3. The molecule has 112 valence electrons. The van der Waals surface area contributed by atoms with E-state index in [1.165, 1.54) is 0 Å². The van der Waals surface area contributed by atoms with Gasteiger partial charge in [0.05, 0.1) is 19.3 Å². The summed E-state index contributed by atoms with van der Waals surface area (Å²) >= 11 is 0. The van der Waals surface area contributed by atoms with Gasteiger partial charge in [-0.05, 0) is 19.8 Å². The Kier molecular flexibility index (Phi) is 5.00. The van der Waals surface area contributed by atoms with Crippen molar-refractivity contribution in [3.8, 4) is 5.75 Å². The third-order valence-electron chi connectivity index (χ3n) is 3.70. The van der Waals surface area contributed by atoms with Gasteiger partial charge in [0.25, 0.3) is 0 Å². The first-order valence-electron chi connectivity index (χ1n) is 7.16. The molecule has 1 aliphatic heterocycles. The molecule has 1 aliphatic rings. The van der Waals surface area contributed by atoms with Gasteiger partial charge < -0.3 is 19.7 Å². The number of anilines is 2. The zero-order valence-corrected chi connectivity index (χ0v) is 12.7. The topological polar surface area (TPSA) is 59.5 Å². The molecule has 2 atom stereocenters. The second-order valence-corrected chi connectivity index (χ2v) is 5.05. The van der Waals surface area contributed by atoms with Gasteiger partial charge in [-0.1, -0.05) is 6.92 Å². The van der Waals surface area contributed by atoms with Gasteiger partial charge in [0.2, 0.25) is 5.75 Å². The summed E-state index contributed by atoms with van der Waals surface area (Å²) in [5.74, 6) is 2.25. The van der Waals surface area contributed by atoms with Gasteiger partial charge in [-0.3, -0.25) is 0 Å². The van der Waals surface area contributed by atoms with Gasteiger partial charge >= 0.3 is 0 Å². The number of hydrogen-bond acceptors (Lipinski definition) is 6. The van der Waals surface area contributed by atoms with Crippen LogP contribution in [0.5, 0.6) is 5.75 Å². The van der Waals surface area contributed by atoms with Gasteiger partial charge in [-0.25, -0.2) is 9.97 Å². The van der Waals surface area contributed by atoms with Crippen LogP contribution in [-0.2, 0) is 4.74 Å². The van der Waals surface area contributed by atoms with Crippen LogP contribution in [0.2, 0.25) is 0 Å². The molecule has 1 saturated heterocycles. The minimum absolute atomic E-state index is 0.201. The van der Waals surface area contributed by atoms with E-state index in [0.29, 0.717) is 11.8 Å². The quantitative estimate of drug-likeness (QED) is 0.859. The predicted octanol–water partition coefficient (Wildman–Crippen LogP) is 1.92. The summed E-state index contributed by atoms with van der Waals surface area (Å²) in [7, 11) is 3.69. The molecular formula is C14H24N4O2. The van der Waals surface area contributed by atoms with Crippen molar-refractivity contribution in [1.82, 2.24) is 9.97 Å². The van der Waals surface area contributed by atoms with Crippen molar-refractivity contribution in [2.45, 2.75) is 38.8 Å². The van der Waals surface area contributed by atoms with Crippen LogP contribution in [0, 0.1) is 0 Å². The number of likely N-dealkylation sites (N-methyl/N-ethyl adjacent to an activating group) is 1. The maximum Gasteiger partial charge on any atom is 0.204 e. The smallest absolute Gasteiger partial charge is 0.204 e. The lowest BCUT2D eigenvalue weighted by Gasteiger charge is -2.29. The molecule has 20 heavy (non-hydrogen) atoms. The SMILES string of the molecule is CCCNc1ncnc(N(C)C2CCOC2C)c1OC. The highest BCUT2D eigenvalue weighted by Crippen LogP contribution is 2.34. The van der Waals surface area contributed by atoms with Crippen molar-refractivity contribution in [3.05, 3.63) is 6.33 Å². The summed E-state index contributed by atoms with van der Waals surface area (Å²) in [5, 5.41) is 3.28. The van der Waals surface area contributed by atoms with Crippen molar-refractivity contribution in [2.75, 3.05) is 37.5 Å². The molecule has 0 spiro atoms. The first-order valence-corrected chi connectivity index (χ1v) is 7.16. The van der Waals surface area contributed by atoms with Crippen LogP contribution in [0.1, 0.15) is 26.7 Å². The van der Waals surface area contributed by atoms with Crippen molar-refractivity contribution < 1.29 is 9.47 Å². The first-order chi connectivity index (χ1) is 9.69. The fraction of sp³-hybridized carbons (Fsp3) is 0.714. The lowest BCUT2D eigenvalue weighted by molar-refractivity contribution is 0.118. The molecule has 0 aromatic carbocycles. The largest absolute Gasteiger partial charge is 0.490 e. The van der Waals surface area contributed by atoms with E-state index in [1.807, 2.05) is 7.05 Å². The Hall–Kier alpha value is -1.56. The Labute approximate surface area is 120 Å². The third-order valence-corrected chi connectivity index (χ3v) is 3.70. The second kappa shape index (κ2) is 6.74. The van der Waals surface area contributed by atoms with Gasteiger partial charge in [0.15, 0.2) is 11.6 Å². The van der Waals surface area contributed by atoms with Crippen LogP contribution in [0.25, 0.3) is 0 Å². The average molecular weight is 280 g/mol. The lowest BCUT2D eigenvalue weighted by atomic mass is 10.1. The summed E-state index contributed by atoms with van der Waals surface area (Å²) in [4.78, 5) is 10.8. The van der Waals surface area contributed by atoms with Crippen LogP contribution in [0.4, 0.5) is 11.6 Å². The molecule has 6 heteroatoms. The molecule has 2 rings (SSSR count). The van der Waals surface area contributed by atoms with Crippen LogP contribution in [-0.4, -0.2) is 49.4 Å². The molecule has 0 aliphatic carbocycles. The highest BCUT2D eigenvalue weighted by Gasteiger charge is 2.30. The van der Waals surface area contributed by atoms with Crippen LogP contribution in [0.15, 0.2) is 6.33 Å². The minimum atomic E-state index is 0.201. The standard InChI is InChI=1S/C14H24N4O2/c1-5-7-15-13-12(19-4)14(17-9-16-13)18(3)11-6-8-20-10(11)2/h9-11H,5-8H2,1-4H3,(H,15,16,17). The summed E-state index contributed by atoms with van der Waals surface area (Å²) in [6.45, 7) is 5.87. The predicted molar refractivity (Wildman–Crippen MR) is 79.6 cm³/mol. The van der Waals surface area contributed by atoms with Crippen molar-refractivity contribution in [3.63, 3.8) is 0 Å². The van der Waals surface area contributed by atoms with E-state index < -0.39 is 0 Å². The fourth-order valence-corrected chi connectivity index (χ4v) is 2.56. The number of ether oxygens (including phenoxy) is 2. The van der Waals surface area contributed by atoms with Crippen LogP contribution >= 0.6 is 0 Å². The molecule has 0 saturated carbocycles. The van der Waals surface area contributed by atoms with E-state index in [0.717, 1.165) is 37.6 Å². The Morgan fingerprint density at radius 2 is 2.30 bits per heavy atom. The summed E-state index contributed by atoms with van der Waals surface area (Å²) in [5.41, 5.74) is 0. The molecule has 2 unspecified atom stereocenters. The van der Waals surface area contributed by atoms with Crippen molar-refractivity contribution >= 4 is 11.6 Å². The maximum absolute atomic E-state index is 5.64. The monoisotopic (exact) mass is 280 g/mol. The van der Waals surface area contributed by atoms with Gasteiger partial charge in [-0.2, -0.15) is 0 Å². The highest BCUT2D eigenvalue weighted by atomic mass is 16.5. The molecule has 1 aromatic rings. The normalized spacial score (nSPS) is 21.8. The second-order valence-electron chi connectivity index (χ2n) is 5.05. The maximum atomic E-state index is 5.64. The Bertz CT molecular complexity index is 441. The molecule has 1 aromatic heterocycles. The van der Waals surface area contributed by atoms with E-state index >= 15 is 0 Å². The molecule has 1 fully saturated rings. The number of methoxy groups -OCH3 is 1. The fourth-order valence-electron chi connectivity index (χ4n) is 2.56. The summed E-state index contributed by atoms with van der Waals surface area (Å²) in [6, 6.07) is 0.317. The average Bonchev–Trinajstić information content (AvgIpc) is 2.89. The van der Waals surface area contributed by atoms with E-state index in [9.17, 15) is 0 Å². The molecule has 0 amide bonds. The van der Waals surface area contributed by atoms with Gasteiger partial charge in [0.1, 0.15) is 6.33 Å². The van der Waals surface area contributed by atoms with E-state index in [1.54, 1.807) is 13.4 Å². The summed E-state index contributed by atoms with van der Waals surface area (Å²) < 4.78 is 11.2. The highest BCUT2D eigenvalue weighted by molar-refractivity contribution is 5.65. The zero-order chi connectivity index (χ0) is 14.5. The minimum Gasteiger partial charge on any atom is -0.490 e. The van der Waals surface area contributed by atoms with Crippen molar-refractivity contribution in [2.24, 2.45) is 0 Å².